The molecule has 0 bridgehead atoms. The largest absolute Gasteiger partial charge is 0.309 e. The van der Waals surface area contributed by atoms with E-state index in [1.807, 2.05) is 0 Å². The fraction of sp³-hybridized carbons (Fsp3) is 0.103. The monoisotopic (exact) mass is 1010 g/mol. The fourth-order valence-electron chi connectivity index (χ4n) is 13.4. The fourth-order valence-corrected chi connectivity index (χ4v) is 13.4. The summed E-state index contributed by atoms with van der Waals surface area (Å²) < 4.78 is 0. The van der Waals surface area contributed by atoms with Crippen LogP contribution in [0.4, 0.5) is 17.1 Å². The van der Waals surface area contributed by atoms with Gasteiger partial charge in [0.2, 0.25) is 0 Å². The second kappa shape index (κ2) is 18.7. The van der Waals surface area contributed by atoms with Crippen LogP contribution >= 0.6 is 0 Å². The number of nitrogens with zero attached hydrogens (tertiary/aromatic N) is 1. The van der Waals surface area contributed by atoms with E-state index in [1.165, 1.54) is 99.8 Å². The summed E-state index contributed by atoms with van der Waals surface area (Å²) in [6.07, 6.45) is 0. The van der Waals surface area contributed by atoms with Gasteiger partial charge in [0.25, 0.3) is 0 Å². The third kappa shape index (κ3) is 7.82. The molecule has 0 saturated carbocycles. The van der Waals surface area contributed by atoms with Crippen LogP contribution in [0.25, 0.3) is 77.5 Å². The Morgan fingerprint density at radius 1 is 0.316 bits per heavy atom. The average molecular weight is 1010 g/mol. The molecule has 0 amide bonds. The molecule has 0 fully saturated rings. The maximum atomic E-state index is 2.56. The van der Waals surface area contributed by atoms with Gasteiger partial charge in [-0.25, -0.2) is 0 Å². The Hall–Kier alpha value is -9.30. The molecule has 1 heteroatoms. The number of hydrogen-bond donors (Lipinski definition) is 0. The smallest absolute Gasteiger partial charge is 0.0714 e. The zero-order valence-electron chi connectivity index (χ0n) is 45.5. The number of rotatable bonds is 9. The summed E-state index contributed by atoms with van der Waals surface area (Å²) in [6.45, 7) is 11.6. The molecule has 0 radical (unpaired) electrons. The standard InChI is InChI=1S/C78H61N/c1-76(2,3)59-42-37-53(38-43-59)57-41-47-73(68(49-57)54-21-9-6-10-22-54)79(62-44-46-67-65-30-18-20-32-70(65)78(72(67)51-62,60-24-11-7-12-25-60)61-26-13-8-14-27-61)74-48-40-55-23-15-16-28-63(55)75(74)56-35-33-52(34-36-56)58-39-45-66-64-29-17-19-31-69(64)77(4,5)71(66)50-58/h6-51H,1-5H3. The summed E-state index contributed by atoms with van der Waals surface area (Å²) in [5.41, 5.74) is 26.4. The molecule has 12 aromatic carbocycles. The molecule has 1 nitrogen and oxygen atoms in total. The van der Waals surface area contributed by atoms with E-state index >= 15 is 0 Å². The van der Waals surface area contributed by atoms with Crippen LogP contribution in [0.2, 0.25) is 0 Å². The SMILES string of the molecule is CC(C)(C)c1ccc(-c2ccc(N(c3ccc4c(c3)C(c3ccccc3)(c3ccccc3)c3ccccc3-4)c3ccc4ccccc4c3-c3ccc(-c4ccc5c(c4)C(C)(C)c4ccccc4-5)cc3)c(-c3ccccc3)c2)cc1. The number of benzene rings is 12. The molecular formula is C78H61N. The van der Waals surface area contributed by atoms with E-state index in [-0.39, 0.29) is 10.8 Å². The Morgan fingerprint density at radius 3 is 1.49 bits per heavy atom. The van der Waals surface area contributed by atoms with Crippen LogP contribution in [0.15, 0.2) is 279 Å². The minimum Gasteiger partial charge on any atom is -0.309 e. The first kappa shape index (κ1) is 48.1. The molecule has 0 unspecified atom stereocenters. The molecule has 0 atom stereocenters. The molecule has 0 saturated heterocycles. The molecule has 0 heterocycles. The maximum absolute atomic E-state index is 2.56. The van der Waals surface area contributed by atoms with Gasteiger partial charge in [-0.15, -0.1) is 0 Å². The second-order valence-electron chi connectivity index (χ2n) is 23.2. The van der Waals surface area contributed by atoms with Crippen LogP contribution < -0.4 is 4.90 Å². The molecule has 0 spiro atoms. The summed E-state index contributed by atoms with van der Waals surface area (Å²) >= 11 is 0. The molecule has 0 aromatic heterocycles. The Labute approximate surface area is 465 Å². The minimum atomic E-state index is -0.584. The summed E-state index contributed by atoms with van der Waals surface area (Å²) in [7, 11) is 0. The first-order valence-corrected chi connectivity index (χ1v) is 27.9. The molecule has 79 heavy (non-hydrogen) atoms. The third-order valence-electron chi connectivity index (χ3n) is 17.3. The highest BCUT2D eigenvalue weighted by Gasteiger charge is 2.46. The Morgan fingerprint density at radius 2 is 0.810 bits per heavy atom. The normalized spacial score (nSPS) is 13.6. The van der Waals surface area contributed by atoms with Gasteiger partial charge in [0.15, 0.2) is 0 Å². The predicted molar refractivity (Wildman–Crippen MR) is 334 cm³/mol. The van der Waals surface area contributed by atoms with Gasteiger partial charge in [-0.05, 0) is 147 Å². The highest BCUT2D eigenvalue weighted by molar-refractivity contribution is 6.07. The quantitative estimate of drug-likeness (QED) is 0.139. The summed E-state index contributed by atoms with van der Waals surface area (Å²) in [4.78, 5) is 2.56. The van der Waals surface area contributed by atoms with Crippen molar-refractivity contribution < 1.29 is 0 Å². The first-order chi connectivity index (χ1) is 38.6. The summed E-state index contributed by atoms with van der Waals surface area (Å²) in [6, 6.07) is 105. The molecular weight excluding hydrogens is 951 g/mol. The molecule has 14 rings (SSSR count). The molecule has 0 aliphatic heterocycles. The summed E-state index contributed by atoms with van der Waals surface area (Å²) in [5, 5.41) is 2.39. The van der Waals surface area contributed by atoms with Crippen LogP contribution in [-0.2, 0) is 16.2 Å². The van der Waals surface area contributed by atoms with E-state index in [0.29, 0.717) is 0 Å². The van der Waals surface area contributed by atoms with Gasteiger partial charge in [0.05, 0.1) is 16.8 Å². The van der Waals surface area contributed by atoms with E-state index in [9.17, 15) is 0 Å². The summed E-state index contributed by atoms with van der Waals surface area (Å²) in [5.74, 6) is 0. The number of hydrogen-bond acceptors (Lipinski definition) is 1. The lowest BCUT2D eigenvalue weighted by molar-refractivity contribution is 0.590. The highest BCUT2D eigenvalue weighted by Crippen LogP contribution is 2.58. The molecule has 0 N–H and O–H groups in total. The predicted octanol–water partition coefficient (Wildman–Crippen LogP) is 20.9. The highest BCUT2D eigenvalue weighted by atomic mass is 15.1. The van der Waals surface area contributed by atoms with Crippen molar-refractivity contribution in [3.05, 3.63) is 318 Å². The molecule has 12 aromatic rings. The number of fused-ring (bicyclic) bond motifs is 7. The van der Waals surface area contributed by atoms with E-state index in [0.717, 1.165) is 33.8 Å². The van der Waals surface area contributed by atoms with Crippen molar-refractivity contribution in [2.45, 2.75) is 50.9 Å². The van der Waals surface area contributed by atoms with E-state index in [2.05, 4.69) is 319 Å². The van der Waals surface area contributed by atoms with Gasteiger partial charge in [0.1, 0.15) is 0 Å². The van der Waals surface area contributed by atoms with Crippen LogP contribution in [0.1, 0.15) is 73.6 Å². The Bertz CT molecular complexity index is 4230. The topological polar surface area (TPSA) is 3.24 Å². The Kier molecular flexibility index (Phi) is 11.4. The van der Waals surface area contributed by atoms with Crippen LogP contribution in [0.5, 0.6) is 0 Å². The van der Waals surface area contributed by atoms with E-state index in [1.54, 1.807) is 0 Å². The molecule has 2 aliphatic carbocycles. The molecule has 378 valence electrons. The van der Waals surface area contributed by atoms with Gasteiger partial charge in [-0.1, -0.05) is 277 Å². The van der Waals surface area contributed by atoms with Gasteiger partial charge >= 0.3 is 0 Å². The van der Waals surface area contributed by atoms with Crippen molar-refractivity contribution in [1.82, 2.24) is 0 Å². The van der Waals surface area contributed by atoms with Gasteiger partial charge in [-0.2, -0.15) is 0 Å². The van der Waals surface area contributed by atoms with Gasteiger partial charge < -0.3 is 4.90 Å². The van der Waals surface area contributed by atoms with E-state index in [4.69, 9.17) is 0 Å². The second-order valence-corrected chi connectivity index (χ2v) is 23.2. The number of anilines is 3. The van der Waals surface area contributed by atoms with Crippen LogP contribution in [-0.4, -0.2) is 0 Å². The third-order valence-corrected chi connectivity index (χ3v) is 17.3. The zero-order valence-corrected chi connectivity index (χ0v) is 45.5. The lowest BCUT2D eigenvalue weighted by Crippen LogP contribution is -2.28. The Balaban J connectivity index is 1.01. The van der Waals surface area contributed by atoms with Crippen molar-refractivity contribution in [3.8, 4) is 66.8 Å². The lowest BCUT2D eigenvalue weighted by Gasteiger charge is -2.35. The van der Waals surface area contributed by atoms with Crippen molar-refractivity contribution in [1.29, 1.82) is 0 Å². The van der Waals surface area contributed by atoms with Crippen molar-refractivity contribution in [3.63, 3.8) is 0 Å². The minimum absolute atomic E-state index is 0.0534. The van der Waals surface area contributed by atoms with Crippen molar-refractivity contribution >= 4 is 27.8 Å². The maximum Gasteiger partial charge on any atom is 0.0714 e. The van der Waals surface area contributed by atoms with Crippen molar-refractivity contribution in [2.24, 2.45) is 0 Å². The average Bonchev–Trinajstić information content (AvgIpc) is 3.79. The van der Waals surface area contributed by atoms with Gasteiger partial charge in [0, 0.05) is 22.2 Å². The van der Waals surface area contributed by atoms with E-state index < -0.39 is 5.41 Å². The first-order valence-electron chi connectivity index (χ1n) is 27.9. The molecule has 2 aliphatic rings. The zero-order chi connectivity index (χ0) is 53.5. The van der Waals surface area contributed by atoms with Crippen LogP contribution in [0.3, 0.4) is 0 Å². The lowest BCUT2D eigenvalue weighted by atomic mass is 9.67. The van der Waals surface area contributed by atoms with Crippen LogP contribution in [0, 0.1) is 0 Å². The van der Waals surface area contributed by atoms with Crippen molar-refractivity contribution in [2.75, 3.05) is 4.90 Å². The van der Waals surface area contributed by atoms with Gasteiger partial charge in [-0.3, -0.25) is 0 Å².